The predicted molar refractivity (Wildman–Crippen MR) is 72.3 cm³/mol. The molecule has 0 aliphatic carbocycles. The maximum atomic E-state index is 12.3. The maximum Gasteiger partial charge on any atom is 0.303 e. The number of likely N-dealkylation sites (tertiary alicyclic amines) is 1. The van der Waals surface area contributed by atoms with Crippen molar-refractivity contribution in [2.75, 3.05) is 13.1 Å². The topological polar surface area (TPSA) is 83.4 Å². The Morgan fingerprint density at radius 2 is 2.20 bits per heavy atom. The van der Waals surface area contributed by atoms with Crippen LogP contribution in [-0.2, 0) is 4.79 Å². The summed E-state index contributed by atoms with van der Waals surface area (Å²) in [6.07, 6.45) is 5.76. The van der Waals surface area contributed by atoms with Gasteiger partial charge in [-0.05, 0) is 32.1 Å². The molecule has 0 aromatic carbocycles. The van der Waals surface area contributed by atoms with Gasteiger partial charge in [0, 0.05) is 25.7 Å². The van der Waals surface area contributed by atoms with Crippen molar-refractivity contribution in [3.8, 4) is 0 Å². The first kappa shape index (κ1) is 14.4. The lowest BCUT2D eigenvalue weighted by molar-refractivity contribution is -0.137. The van der Waals surface area contributed by atoms with Crippen molar-refractivity contribution in [3.05, 3.63) is 23.8 Å². The van der Waals surface area contributed by atoms with Gasteiger partial charge in [0.1, 0.15) is 5.69 Å². The quantitative estimate of drug-likeness (QED) is 0.901. The predicted octanol–water partition coefficient (Wildman–Crippen LogP) is 1.50. The lowest BCUT2D eigenvalue weighted by Crippen LogP contribution is -2.40. The minimum Gasteiger partial charge on any atom is -0.481 e. The van der Waals surface area contributed by atoms with Crippen molar-refractivity contribution < 1.29 is 14.7 Å². The average molecular weight is 277 g/mol. The Morgan fingerprint density at radius 1 is 1.40 bits per heavy atom. The van der Waals surface area contributed by atoms with Gasteiger partial charge in [-0.1, -0.05) is 0 Å². The highest BCUT2D eigenvalue weighted by Gasteiger charge is 2.25. The molecule has 1 saturated heterocycles. The van der Waals surface area contributed by atoms with Gasteiger partial charge in [0.25, 0.3) is 5.91 Å². The van der Waals surface area contributed by atoms with E-state index in [1.54, 1.807) is 11.1 Å². The molecule has 0 spiro atoms. The molecule has 1 aliphatic heterocycles. The molecule has 1 fully saturated rings. The Balaban J connectivity index is 1.96. The standard InChI is InChI=1S/C14H19N3O3/c1-10-7-16-12(8-15-10)14(20)17-6-2-3-11(9-17)4-5-13(18)19/h7-8,11H,2-6,9H2,1H3,(H,18,19)/t11-/m1/s1. The summed E-state index contributed by atoms with van der Waals surface area (Å²) in [4.78, 5) is 32.9. The Morgan fingerprint density at radius 3 is 2.85 bits per heavy atom. The van der Waals surface area contributed by atoms with Crippen LogP contribution in [0.3, 0.4) is 0 Å². The molecule has 6 heteroatoms. The SMILES string of the molecule is Cc1cnc(C(=O)N2CCC[C@H](CCC(=O)O)C2)cn1. The highest BCUT2D eigenvalue weighted by atomic mass is 16.4. The molecule has 0 saturated carbocycles. The van der Waals surface area contributed by atoms with Crippen LogP contribution in [0.15, 0.2) is 12.4 Å². The fourth-order valence-corrected chi connectivity index (χ4v) is 2.48. The lowest BCUT2D eigenvalue weighted by atomic mass is 9.93. The van der Waals surface area contributed by atoms with E-state index in [2.05, 4.69) is 9.97 Å². The molecule has 1 amide bonds. The van der Waals surface area contributed by atoms with Crippen LogP contribution in [-0.4, -0.2) is 44.9 Å². The monoisotopic (exact) mass is 277 g/mol. The van der Waals surface area contributed by atoms with Crippen molar-refractivity contribution in [2.24, 2.45) is 5.92 Å². The summed E-state index contributed by atoms with van der Waals surface area (Å²) in [6.45, 7) is 3.14. The van der Waals surface area contributed by atoms with E-state index < -0.39 is 5.97 Å². The second-order valence-corrected chi connectivity index (χ2v) is 5.23. The number of carbonyl (C=O) groups is 2. The van der Waals surface area contributed by atoms with Crippen LogP contribution in [0.5, 0.6) is 0 Å². The van der Waals surface area contributed by atoms with Crippen LogP contribution >= 0.6 is 0 Å². The summed E-state index contributed by atoms with van der Waals surface area (Å²) in [5.74, 6) is -0.627. The summed E-state index contributed by atoms with van der Waals surface area (Å²) < 4.78 is 0. The number of carboxylic acid groups (broad SMARTS) is 1. The van der Waals surface area contributed by atoms with E-state index in [4.69, 9.17) is 5.11 Å². The van der Waals surface area contributed by atoms with Gasteiger partial charge >= 0.3 is 5.97 Å². The van der Waals surface area contributed by atoms with E-state index in [0.29, 0.717) is 25.2 Å². The van der Waals surface area contributed by atoms with Crippen molar-refractivity contribution in [2.45, 2.75) is 32.6 Å². The summed E-state index contributed by atoms with van der Waals surface area (Å²) in [7, 11) is 0. The first-order valence-electron chi connectivity index (χ1n) is 6.86. The molecule has 2 rings (SSSR count). The zero-order valence-electron chi connectivity index (χ0n) is 11.6. The van der Waals surface area contributed by atoms with Crippen LogP contribution in [0.2, 0.25) is 0 Å². The van der Waals surface area contributed by atoms with Crippen LogP contribution in [0.1, 0.15) is 41.9 Å². The number of nitrogens with zero attached hydrogens (tertiary/aromatic N) is 3. The van der Waals surface area contributed by atoms with E-state index in [-0.39, 0.29) is 18.2 Å². The zero-order valence-corrected chi connectivity index (χ0v) is 11.6. The number of carboxylic acids is 1. The Hall–Kier alpha value is -1.98. The van der Waals surface area contributed by atoms with Crippen LogP contribution in [0, 0.1) is 12.8 Å². The third-order valence-corrected chi connectivity index (χ3v) is 3.57. The molecule has 20 heavy (non-hydrogen) atoms. The normalized spacial score (nSPS) is 18.9. The summed E-state index contributed by atoms with van der Waals surface area (Å²) in [6, 6.07) is 0. The van der Waals surface area contributed by atoms with Gasteiger partial charge in [0.05, 0.1) is 11.9 Å². The summed E-state index contributed by atoms with van der Waals surface area (Å²) >= 11 is 0. The van der Waals surface area contributed by atoms with E-state index in [9.17, 15) is 9.59 Å². The highest BCUT2D eigenvalue weighted by Crippen LogP contribution is 2.22. The van der Waals surface area contributed by atoms with Crippen LogP contribution in [0.4, 0.5) is 0 Å². The smallest absolute Gasteiger partial charge is 0.303 e. The molecular formula is C14H19N3O3. The summed E-state index contributed by atoms with van der Waals surface area (Å²) in [5, 5.41) is 8.72. The molecule has 1 aromatic heterocycles. The number of aliphatic carboxylic acids is 1. The lowest BCUT2D eigenvalue weighted by Gasteiger charge is -2.32. The highest BCUT2D eigenvalue weighted by molar-refractivity contribution is 5.92. The van der Waals surface area contributed by atoms with Gasteiger partial charge in [-0.25, -0.2) is 4.98 Å². The third kappa shape index (κ3) is 3.76. The first-order chi connectivity index (χ1) is 9.56. The molecule has 1 N–H and O–H groups in total. The second kappa shape index (κ2) is 6.45. The number of piperidine rings is 1. The fourth-order valence-electron chi connectivity index (χ4n) is 2.48. The van der Waals surface area contributed by atoms with Gasteiger partial charge in [0.2, 0.25) is 0 Å². The van der Waals surface area contributed by atoms with E-state index in [0.717, 1.165) is 18.5 Å². The van der Waals surface area contributed by atoms with Crippen molar-refractivity contribution in [3.63, 3.8) is 0 Å². The molecule has 2 heterocycles. The van der Waals surface area contributed by atoms with E-state index in [1.807, 2.05) is 6.92 Å². The number of hydrogen-bond donors (Lipinski definition) is 1. The Kier molecular flexibility index (Phi) is 4.65. The molecule has 1 aliphatic rings. The minimum absolute atomic E-state index is 0.113. The molecule has 108 valence electrons. The third-order valence-electron chi connectivity index (χ3n) is 3.57. The number of carbonyl (C=O) groups excluding carboxylic acids is 1. The Labute approximate surface area is 117 Å². The van der Waals surface area contributed by atoms with Gasteiger partial charge in [0.15, 0.2) is 0 Å². The maximum absolute atomic E-state index is 12.3. The minimum atomic E-state index is -0.780. The van der Waals surface area contributed by atoms with Gasteiger partial charge in [-0.2, -0.15) is 0 Å². The second-order valence-electron chi connectivity index (χ2n) is 5.23. The molecule has 1 atom stereocenters. The Bertz CT molecular complexity index is 487. The van der Waals surface area contributed by atoms with E-state index in [1.165, 1.54) is 6.20 Å². The van der Waals surface area contributed by atoms with Crippen molar-refractivity contribution in [1.29, 1.82) is 0 Å². The van der Waals surface area contributed by atoms with E-state index >= 15 is 0 Å². The number of hydrogen-bond acceptors (Lipinski definition) is 4. The largest absolute Gasteiger partial charge is 0.481 e. The fraction of sp³-hybridized carbons (Fsp3) is 0.571. The van der Waals surface area contributed by atoms with Gasteiger partial charge < -0.3 is 10.0 Å². The molecule has 1 aromatic rings. The molecule has 0 unspecified atom stereocenters. The summed E-state index contributed by atoms with van der Waals surface area (Å²) in [5.41, 5.74) is 1.13. The zero-order chi connectivity index (χ0) is 14.5. The van der Waals surface area contributed by atoms with Crippen LogP contribution in [0.25, 0.3) is 0 Å². The number of amides is 1. The van der Waals surface area contributed by atoms with Gasteiger partial charge in [-0.3, -0.25) is 14.6 Å². The average Bonchev–Trinajstić information content (AvgIpc) is 2.45. The molecule has 0 bridgehead atoms. The molecule has 0 radical (unpaired) electrons. The van der Waals surface area contributed by atoms with Gasteiger partial charge in [-0.15, -0.1) is 0 Å². The van der Waals surface area contributed by atoms with Crippen molar-refractivity contribution >= 4 is 11.9 Å². The van der Waals surface area contributed by atoms with Crippen LogP contribution < -0.4 is 0 Å². The molecular weight excluding hydrogens is 258 g/mol. The number of aromatic nitrogens is 2. The first-order valence-corrected chi connectivity index (χ1v) is 6.86. The number of aryl methyl sites for hydroxylation is 1. The number of rotatable bonds is 4. The molecule has 6 nitrogen and oxygen atoms in total. The van der Waals surface area contributed by atoms with Crippen molar-refractivity contribution in [1.82, 2.24) is 14.9 Å².